The van der Waals surface area contributed by atoms with Crippen LogP contribution in [-0.2, 0) is 0 Å². The van der Waals surface area contributed by atoms with Crippen LogP contribution >= 0.6 is 0 Å². The molecule has 0 aliphatic heterocycles. The van der Waals surface area contributed by atoms with Crippen LogP contribution in [-0.4, -0.2) is 0 Å². The van der Waals surface area contributed by atoms with Gasteiger partial charge in [-0.05, 0) is 43.9 Å². The van der Waals surface area contributed by atoms with Crippen molar-refractivity contribution in [2.75, 3.05) is 0 Å². The predicted molar refractivity (Wildman–Crippen MR) is 75.7 cm³/mol. The molecule has 0 spiro atoms. The van der Waals surface area contributed by atoms with Crippen molar-refractivity contribution in [3.8, 4) is 0 Å². The van der Waals surface area contributed by atoms with Crippen molar-refractivity contribution in [2.45, 2.75) is 73.1 Å². The Morgan fingerprint density at radius 3 is 2.25 bits per heavy atom. The summed E-state index contributed by atoms with van der Waals surface area (Å²) in [4.78, 5) is 0. The van der Waals surface area contributed by atoms with Crippen LogP contribution in [0, 0.1) is 17.8 Å². The SMILES string of the molecule is C/C=C\CCC(C)CC(C)C(C)CCCC. The van der Waals surface area contributed by atoms with Gasteiger partial charge in [-0.1, -0.05) is 59.1 Å². The van der Waals surface area contributed by atoms with Gasteiger partial charge in [0.15, 0.2) is 0 Å². The monoisotopic (exact) mass is 224 g/mol. The smallest absolute Gasteiger partial charge is 0.0348 e. The molecule has 0 nitrogen and oxygen atoms in total. The van der Waals surface area contributed by atoms with Gasteiger partial charge in [0.05, 0.1) is 0 Å². The highest BCUT2D eigenvalue weighted by molar-refractivity contribution is 4.78. The lowest BCUT2D eigenvalue weighted by atomic mass is 9.83. The molecule has 0 aliphatic rings. The Morgan fingerprint density at radius 2 is 1.69 bits per heavy atom. The van der Waals surface area contributed by atoms with E-state index in [1.54, 1.807) is 0 Å². The molecule has 96 valence electrons. The first-order valence-electron chi connectivity index (χ1n) is 7.22. The molecule has 0 fully saturated rings. The summed E-state index contributed by atoms with van der Waals surface area (Å²) < 4.78 is 0. The zero-order valence-corrected chi connectivity index (χ0v) is 12.1. The Hall–Kier alpha value is -0.260. The van der Waals surface area contributed by atoms with Gasteiger partial charge in [0.25, 0.3) is 0 Å². The topological polar surface area (TPSA) is 0 Å². The zero-order chi connectivity index (χ0) is 12.4. The minimum absolute atomic E-state index is 0.885. The second-order valence-electron chi connectivity index (χ2n) is 5.58. The first-order chi connectivity index (χ1) is 7.61. The molecule has 0 aromatic carbocycles. The lowest BCUT2D eigenvalue weighted by molar-refractivity contribution is 0.288. The molecule has 0 saturated heterocycles. The lowest BCUT2D eigenvalue weighted by Crippen LogP contribution is -2.12. The summed E-state index contributed by atoms with van der Waals surface area (Å²) in [6.45, 7) is 11.7. The van der Waals surface area contributed by atoms with E-state index in [0.717, 1.165) is 17.8 Å². The average Bonchev–Trinajstić information content (AvgIpc) is 2.26. The van der Waals surface area contributed by atoms with Crippen LogP contribution in [0.4, 0.5) is 0 Å². The maximum atomic E-state index is 2.44. The van der Waals surface area contributed by atoms with Crippen LogP contribution in [0.3, 0.4) is 0 Å². The van der Waals surface area contributed by atoms with Gasteiger partial charge in [-0.3, -0.25) is 0 Å². The molecular formula is C16H32. The normalized spacial score (nSPS) is 17.6. The summed E-state index contributed by atoms with van der Waals surface area (Å²) in [7, 11) is 0. The highest BCUT2D eigenvalue weighted by atomic mass is 14.2. The molecule has 0 bridgehead atoms. The van der Waals surface area contributed by atoms with Crippen molar-refractivity contribution in [1.82, 2.24) is 0 Å². The van der Waals surface area contributed by atoms with Gasteiger partial charge >= 0.3 is 0 Å². The van der Waals surface area contributed by atoms with E-state index in [-0.39, 0.29) is 0 Å². The summed E-state index contributed by atoms with van der Waals surface area (Å²) in [5.74, 6) is 2.69. The second kappa shape index (κ2) is 9.93. The molecule has 0 heteroatoms. The molecule has 0 heterocycles. The molecule has 0 aliphatic carbocycles. The number of unbranched alkanes of at least 4 members (excludes halogenated alkanes) is 1. The number of allylic oxidation sites excluding steroid dienone is 2. The van der Waals surface area contributed by atoms with E-state index in [9.17, 15) is 0 Å². The molecule has 0 N–H and O–H groups in total. The molecular weight excluding hydrogens is 192 g/mol. The van der Waals surface area contributed by atoms with Crippen molar-refractivity contribution >= 4 is 0 Å². The van der Waals surface area contributed by atoms with Crippen LogP contribution in [0.15, 0.2) is 12.2 Å². The fourth-order valence-electron chi connectivity index (χ4n) is 2.34. The maximum Gasteiger partial charge on any atom is -0.0348 e. The van der Waals surface area contributed by atoms with Gasteiger partial charge in [-0.25, -0.2) is 0 Å². The van der Waals surface area contributed by atoms with E-state index in [2.05, 4.69) is 46.8 Å². The summed E-state index contributed by atoms with van der Waals surface area (Å²) in [5, 5.41) is 0. The largest absolute Gasteiger partial charge is 0.0917 e. The Labute approximate surface area is 104 Å². The maximum absolute atomic E-state index is 2.44. The fraction of sp³-hybridized carbons (Fsp3) is 0.875. The lowest BCUT2D eigenvalue weighted by Gasteiger charge is -2.23. The van der Waals surface area contributed by atoms with Gasteiger partial charge in [-0.2, -0.15) is 0 Å². The van der Waals surface area contributed by atoms with Gasteiger partial charge < -0.3 is 0 Å². The zero-order valence-electron chi connectivity index (χ0n) is 12.1. The molecule has 0 aromatic heterocycles. The Kier molecular flexibility index (Phi) is 9.77. The quantitative estimate of drug-likeness (QED) is 0.432. The summed E-state index contributed by atoms with van der Waals surface area (Å²) >= 11 is 0. The van der Waals surface area contributed by atoms with Crippen LogP contribution in [0.5, 0.6) is 0 Å². The fourth-order valence-corrected chi connectivity index (χ4v) is 2.34. The van der Waals surface area contributed by atoms with Crippen LogP contribution in [0.2, 0.25) is 0 Å². The molecule has 0 amide bonds. The van der Waals surface area contributed by atoms with E-state index < -0.39 is 0 Å². The first-order valence-corrected chi connectivity index (χ1v) is 7.22. The third-order valence-electron chi connectivity index (χ3n) is 3.82. The third-order valence-corrected chi connectivity index (χ3v) is 3.82. The van der Waals surface area contributed by atoms with Crippen molar-refractivity contribution in [2.24, 2.45) is 17.8 Å². The number of hydrogen-bond donors (Lipinski definition) is 0. The summed E-state index contributed by atoms with van der Waals surface area (Å²) in [6.07, 6.45) is 12.6. The minimum Gasteiger partial charge on any atom is -0.0917 e. The predicted octanol–water partition coefficient (Wildman–Crippen LogP) is 5.83. The van der Waals surface area contributed by atoms with Crippen molar-refractivity contribution in [1.29, 1.82) is 0 Å². The van der Waals surface area contributed by atoms with Gasteiger partial charge in [0.1, 0.15) is 0 Å². The molecule has 3 atom stereocenters. The van der Waals surface area contributed by atoms with E-state index >= 15 is 0 Å². The minimum atomic E-state index is 0.885. The molecule has 3 unspecified atom stereocenters. The van der Waals surface area contributed by atoms with Crippen LogP contribution in [0.25, 0.3) is 0 Å². The molecule has 0 rings (SSSR count). The molecule has 0 radical (unpaired) electrons. The van der Waals surface area contributed by atoms with E-state index in [1.807, 2.05) is 0 Å². The highest BCUT2D eigenvalue weighted by Gasteiger charge is 2.14. The number of hydrogen-bond acceptors (Lipinski definition) is 0. The van der Waals surface area contributed by atoms with E-state index in [1.165, 1.54) is 38.5 Å². The Balaban J connectivity index is 3.70. The Bertz CT molecular complexity index is 169. The van der Waals surface area contributed by atoms with Crippen molar-refractivity contribution < 1.29 is 0 Å². The van der Waals surface area contributed by atoms with E-state index in [0.29, 0.717) is 0 Å². The first kappa shape index (κ1) is 15.7. The Morgan fingerprint density at radius 1 is 1.00 bits per heavy atom. The standard InChI is InChI=1S/C16H32/c1-6-8-10-11-14(3)13-16(5)15(4)12-9-7-2/h6,8,14-16H,7,9-13H2,1-5H3/b8-6-. The van der Waals surface area contributed by atoms with Crippen molar-refractivity contribution in [3.05, 3.63) is 12.2 Å². The second-order valence-corrected chi connectivity index (χ2v) is 5.58. The third kappa shape index (κ3) is 7.96. The summed E-state index contributed by atoms with van der Waals surface area (Å²) in [5.41, 5.74) is 0. The molecule has 16 heavy (non-hydrogen) atoms. The van der Waals surface area contributed by atoms with Gasteiger partial charge in [0, 0.05) is 0 Å². The van der Waals surface area contributed by atoms with Crippen LogP contribution in [0.1, 0.15) is 73.1 Å². The van der Waals surface area contributed by atoms with Gasteiger partial charge in [0.2, 0.25) is 0 Å². The average molecular weight is 224 g/mol. The number of rotatable bonds is 9. The van der Waals surface area contributed by atoms with Gasteiger partial charge in [-0.15, -0.1) is 0 Å². The van der Waals surface area contributed by atoms with Crippen LogP contribution < -0.4 is 0 Å². The molecule has 0 aromatic rings. The summed E-state index contributed by atoms with van der Waals surface area (Å²) in [6, 6.07) is 0. The highest BCUT2D eigenvalue weighted by Crippen LogP contribution is 2.26. The van der Waals surface area contributed by atoms with E-state index in [4.69, 9.17) is 0 Å². The van der Waals surface area contributed by atoms with Crippen molar-refractivity contribution in [3.63, 3.8) is 0 Å². The molecule has 0 saturated carbocycles.